The first-order valence-corrected chi connectivity index (χ1v) is 7.27. The SMILES string of the molecule is CC(=O)Oc1cc(C(C)C)c(OCCC(C)C)cc1C. The van der Waals surface area contributed by atoms with Gasteiger partial charge in [0.15, 0.2) is 0 Å². The minimum absolute atomic E-state index is 0.295. The fourth-order valence-corrected chi connectivity index (χ4v) is 1.92. The van der Waals surface area contributed by atoms with E-state index in [1.54, 1.807) is 0 Å². The Hall–Kier alpha value is -1.51. The van der Waals surface area contributed by atoms with Gasteiger partial charge in [-0.25, -0.2) is 0 Å². The molecule has 0 N–H and O–H groups in total. The standard InChI is InChI=1S/C17H26O3/c1-11(2)7-8-19-17-9-13(5)16(20-14(6)18)10-15(17)12(3)4/h9-12H,7-8H2,1-6H3. The van der Waals surface area contributed by atoms with Gasteiger partial charge in [0.2, 0.25) is 0 Å². The first-order valence-electron chi connectivity index (χ1n) is 7.27. The second kappa shape index (κ2) is 7.32. The monoisotopic (exact) mass is 278 g/mol. The van der Waals surface area contributed by atoms with E-state index in [1.165, 1.54) is 6.92 Å². The van der Waals surface area contributed by atoms with Crippen molar-refractivity contribution in [3.63, 3.8) is 0 Å². The molecular formula is C17H26O3. The number of hydrogen-bond donors (Lipinski definition) is 0. The third-order valence-corrected chi connectivity index (χ3v) is 3.14. The van der Waals surface area contributed by atoms with Crippen LogP contribution < -0.4 is 9.47 Å². The van der Waals surface area contributed by atoms with Gasteiger partial charge < -0.3 is 9.47 Å². The third-order valence-electron chi connectivity index (χ3n) is 3.14. The highest BCUT2D eigenvalue weighted by Crippen LogP contribution is 2.33. The van der Waals surface area contributed by atoms with Gasteiger partial charge in [0.05, 0.1) is 6.61 Å². The molecule has 0 aliphatic rings. The number of esters is 1. The molecule has 0 aromatic heterocycles. The molecule has 20 heavy (non-hydrogen) atoms. The van der Waals surface area contributed by atoms with Gasteiger partial charge in [0, 0.05) is 12.5 Å². The minimum Gasteiger partial charge on any atom is -0.493 e. The van der Waals surface area contributed by atoms with Gasteiger partial charge >= 0.3 is 5.97 Å². The van der Waals surface area contributed by atoms with Crippen molar-refractivity contribution < 1.29 is 14.3 Å². The lowest BCUT2D eigenvalue weighted by atomic mass is 9.99. The smallest absolute Gasteiger partial charge is 0.308 e. The largest absolute Gasteiger partial charge is 0.493 e. The van der Waals surface area contributed by atoms with Crippen LogP contribution in [0, 0.1) is 12.8 Å². The Morgan fingerprint density at radius 2 is 1.80 bits per heavy atom. The third kappa shape index (κ3) is 4.87. The molecule has 0 saturated carbocycles. The van der Waals surface area contributed by atoms with Crippen LogP contribution in [0.15, 0.2) is 12.1 Å². The number of benzene rings is 1. The molecule has 0 radical (unpaired) electrons. The van der Waals surface area contributed by atoms with Crippen LogP contribution in [0.1, 0.15) is 58.1 Å². The van der Waals surface area contributed by atoms with E-state index in [0.717, 1.165) is 23.3 Å². The first-order chi connectivity index (χ1) is 9.31. The maximum atomic E-state index is 11.1. The van der Waals surface area contributed by atoms with Crippen molar-refractivity contribution in [1.82, 2.24) is 0 Å². The predicted octanol–water partition coefficient (Wildman–Crippen LogP) is 4.47. The van der Waals surface area contributed by atoms with Crippen LogP contribution >= 0.6 is 0 Å². The Labute approximate surface area is 122 Å². The van der Waals surface area contributed by atoms with Crippen LogP contribution in [0.2, 0.25) is 0 Å². The average molecular weight is 278 g/mol. The summed E-state index contributed by atoms with van der Waals surface area (Å²) in [5, 5.41) is 0. The van der Waals surface area contributed by atoms with Crippen LogP contribution in [0.25, 0.3) is 0 Å². The van der Waals surface area contributed by atoms with Crippen molar-refractivity contribution in [1.29, 1.82) is 0 Å². The van der Waals surface area contributed by atoms with E-state index in [1.807, 2.05) is 19.1 Å². The summed E-state index contributed by atoms with van der Waals surface area (Å²) in [6, 6.07) is 3.89. The second-order valence-electron chi connectivity index (χ2n) is 5.93. The van der Waals surface area contributed by atoms with Crippen molar-refractivity contribution in [3.05, 3.63) is 23.3 Å². The van der Waals surface area contributed by atoms with Crippen LogP contribution in [0.4, 0.5) is 0 Å². The molecule has 0 unspecified atom stereocenters. The molecule has 0 aliphatic carbocycles. The molecule has 0 spiro atoms. The zero-order valence-corrected chi connectivity index (χ0v) is 13.4. The van der Waals surface area contributed by atoms with E-state index in [2.05, 4.69) is 27.7 Å². The molecule has 0 atom stereocenters. The summed E-state index contributed by atoms with van der Waals surface area (Å²) in [5.41, 5.74) is 2.00. The molecule has 0 aliphatic heterocycles. The van der Waals surface area contributed by atoms with Crippen molar-refractivity contribution >= 4 is 5.97 Å². The quantitative estimate of drug-likeness (QED) is 0.569. The Morgan fingerprint density at radius 3 is 2.30 bits per heavy atom. The molecule has 0 bridgehead atoms. The molecule has 112 valence electrons. The molecule has 0 fully saturated rings. The van der Waals surface area contributed by atoms with Crippen molar-refractivity contribution in [2.75, 3.05) is 6.61 Å². The molecule has 0 saturated heterocycles. The van der Waals surface area contributed by atoms with E-state index in [4.69, 9.17) is 9.47 Å². The maximum Gasteiger partial charge on any atom is 0.308 e. The summed E-state index contributed by atoms with van der Waals surface area (Å²) < 4.78 is 11.1. The molecule has 1 aromatic rings. The lowest BCUT2D eigenvalue weighted by Crippen LogP contribution is -2.07. The van der Waals surface area contributed by atoms with E-state index < -0.39 is 0 Å². The number of carbonyl (C=O) groups is 1. The molecule has 1 rings (SSSR count). The van der Waals surface area contributed by atoms with Crippen LogP contribution in [-0.4, -0.2) is 12.6 Å². The van der Waals surface area contributed by atoms with Crippen molar-refractivity contribution in [2.24, 2.45) is 5.92 Å². The van der Waals surface area contributed by atoms with E-state index in [0.29, 0.717) is 24.2 Å². The summed E-state index contributed by atoms with van der Waals surface area (Å²) in [5.74, 6) is 2.17. The van der Waals surface area contributed by atoms with Gasteiger partial charge in [-0.15, -0.1) is 0 Å². The van der Waals surface area contributed by atoms with Gasteiger partial charge in [-0.2, -0.15) is 0 Å². The van der Waals surface area contributed by atoms with Gasteiger partial charge in [-0.1, -0.05) is 27.7 Å². The number of rotatable bonds is 6. The molecule has 3 heteroatoms. The van der Waals surface area contributed by atoms with E-state index >= 15 is 0 Å². The molecule has 1 aromatic carbocycles. The predicted molar refractivity (Wildman–Crippen MR) is 81.5 cm³/mol. The number of aryl methyl sites for hydroxylation is 1. The zero-order valence-electron chi connectivity index (χ0n) is 13.4. The number of ether oxygens (including phenoxy) is 2. The molecule has 0 heterocycles. The second-order valence-corrected chi connectivity index (χ2v) is 5.93. The van der Waals surface area contributed by atoms with Gasteiger partial charge in [0.25, 0.3) is 0 Å². The molecule has 0 amide bonds. The Bertz CT molecular complexity index is 462. The van der Waals surface area contributed by atoms with Crippen LogP contribution in [0.3, 0.4) is 0 Å². The summed E-state index contributed by atoms with van der Waals surface area (Å²) >= 11 is 0. The number of carbonyl (C=O) groups excluding carboxylic acids is 1. The Balaban J connectivity index is 2.98. The average Bonchev–Trinajstić information content (AvgIpc) is 2.30. The Kier molecular flexibility index (Phi) is 6.05. The highest BCUT2D eigenvalue weighted by atomic mass is 16.5. The summed E-state index contributed by atoms with van der Waals surface area (Å²) in [4.78, 5) is 11.1. The summed E-state index contributed by atoms with van der Waals surface area (Å²) in [6.07, 6.45) is 1.03. The van der Waals surface area contributed by atoms with Crippen LogP contribution in [-0.2, 0) is 4.79 Å². The zero-order chi connectivity index (χ0) is 15.3. The first kappa shape index (κ1) is 16.5. The van der Waals surface area contributed by atoms with E-state index in [-0.39, 0.29) is 5.97 Å². The van der Waals surface area contributed by atoms with Gasteiger partial charge in [0.1, 0.15) is 11.5 Å². The number of hydrogen-bond acceptors (Lipinski definition) is 3. The van der Waals surface area contributed by atoms with Gasteiger partial charge in [-0.05, 0) is 42.9 Å². The molecule has 3 nitrogen and oxygen atoms in total. The maximum absolute atomic E-state index is 11.1. The van der Waals surface area contributed by atoms with Crippen LogP contribution in [0.5, 0.6) is 11.5 Å². The lowest BCUT2D eigenvalue weighted by molar-refractivity contribution is -0.131. The summed E-state index contributed by atoms with van der Waals surface area (Å²) in [6.45, 7) is 12.6. The summed E-state index contributed by atoms with van der Waals surface area (Å²) in [7, 11) is 0. The minimum atomic E-state index is -0.295. The lowest BCUT2D eigenvalue weighted by Gasteiger charge is -2.17. The molecular weight excluding hydrogens is 252 g/mol. The fraction of sp³-hybridized carbons (Fsp3) is 0.588. The topological polar surface area (TPSA) is 35.5 Å². The highest BCUT2D eigenvalue weighted by molar-refractivity contribution is 5.70. The van der Waals surface area contributed by atoms with E-state index in [9.17, 15) is 4.79 Å². The van der Waals surface area contributed by atoms with Crippen molar-refractivity contribution in [3.8, 4) is 11.5 Å². The van der Waals surface area contributed by atoms with Crippen molar-refractivity contribution in [2.45, 2.75) is 53.9 Å². The highest BCUT2D eigenvalue weighted by Gasteiger charge is 2.14. The fourth-order valence-electron chi connectivity index (χ4n) is 1.92. The normalized spacial score (nSPS) is 11.0. The Morgan fingerprint density at radius 1 is 1.15 bits per heavy atom. The van der Waals surface area contributed by atoms with Gasteiger partial charge in [-0.3, -0.25) is 4.79 Å².